The standard InChI is InChI=1S/C9H20NO2/c1-7-9(11)5-8(12-7)6-10(2,3)4/h7-9,11H,5-6H2,1-4H3/q+1/t7-,8-,9-/m1/s1. The molecule has 0 aliphatic carbocycles. The number of nitrogens with zero attached hydrogens (tertiary/aromatic N) is 1. The van der Waals surface area contributed by atoms with Gasteiger partial charge in [-0.25, -0.2) is 0 Å². The lowest BCUT2D eigenvalue weighted by Crippen LogP contribution is -2.41. The molecular weight excluding hydrogens is 154 g/mol. The summed E-state index contributed by atoms with van der Waals surface area (Å²) in [6.45, 7) is 2.90. The van der Waals surface area contributed by atoms with Crippen molar-refractivity contribution in [3.63, 3.8) is 0 Å². The summed E-state index contributed by atoms with van der Waals surface area (Å²) in [7, 11) is 6.41. The molecule has 0 aromatic carbocycles. The van der Waals surface area contributed by atoms with Gasteiger partial charge in [0.05, 0.1) is 33.4 Å². The molecule has 0 saturated carbocycles. The van der Waals surface area contributed by atoms with E-state index in [0.717, 1.165) is 17.4 Å². The van der Waals surface area contributed by atoms with Crippen LogP contribution in [-0.2, 0) is 4.74 Å². The fourth-order valence-electron chi connectivity index (χ4n) is 1.64. The number of hydrogen-bond donors (Lipinski definition) is 1. The largest absolute Gasteiger partial charge is 0.390 e. The van der Waals surface area contributed by atoms with Gasteiger partial charge in [0.25, 0.3) is 0 Å². The summed E-state index contributed by atoms with van der Waals surface area (Å²) in [6.07, 6.45) is 0.773. The lowest BCUT2D eigenvalue weighted by molar-refractivity contribution is -0.873. The lowest BCUT2D eigenvalue weighted by Gasteiger charge is -2.26. The van der Waals surface area contributed by atoms with E-state index in [1.54, 1.807) is 0 Å². The molecule has 0 amide bonds. The molecule has 1 fully saturated rings. The number of hydrogen-bond acceptors (Lipinski definition) is 2. The van der Waals surface area contributed by atoms with E-state index in [-0.39, 0.29) is 18.3 Å². The van der Waals surface area contributed by atoms with E-state index in [0.29, 0.717) is 0 Å². The van der Waals surface area contributed by atoms with E-state index >= 15 is 0 Å². The normalized spacial score (nSPS) is 37.2. The van der Waals surface area contributed by atoms with Crippen molar-refractivity contribution in [3.05, 3.63) is 0 Å². The maximum Gasteiger partial charge on any atom is 0.109 e. The minimum atomic E-state index is -0.262. The van der Waals surface area contributed by atoms with Crippen LogP contribution in [0.2, 0.25) is 0 Å². The van der Waals surface area contributed by atoms with Crippen molar-refractivity contribution in [2.75, 3.05) is 27.7 Å². The van der Waals surface area contributed by atoms with Crippen LogP contribution < -0.4 is 0 Å². The Bertz CT molecular complexity index is 143. The second kappa shape index (κ2) is 3.32. The summed E-state index contributed by atoms with van der Waals surface area (Å²) in [5.41, 5.74) is 0. The van der Waals surface area contributed by atoms with Gasteiger partial charge in [-0.05, 0) is 6.92 Å². The first-order chi connectivity index (χ1) is 5.38. The van der Waals surface area contributed by atoms with Gasteiger partial charge in [-0.1, -0.05) is 0 Å². The molecule has 1 N–H and O–H groups in total. The maximum absolute atomic E-state index is 9.43. The molecule has 1 rings (SSSR count). The molecule has 0 aromatic rings. The highest BCUT2D eigenvalue weighted by atomic mass is 16.5. The van der Waals surface area contributed by atoms with Gasteiger partial charge in [-0.2, -0.15) is 0 Å². The van der Waals surface area contributed by atoms with Crippen LogP contribution in [0.15, 0.2) is 0 Å². The van der Waals surface area contributed by atoms with Gasteiger partial charge in [0.2, 0.25) is 0 Å². The maximum atomic E-state index is 9.43. The first-order valence-electron chi connectivity index (χ1n) is 4.52. The zero-order chi connectivity index (χ0) is 9.35. The van der Waals surface area contributed by atoms with Crippen LogP contribution in [0.4, 0.5) is 0 Å². The van der Waals surface area contributed by atoms with Crippen LogP contribution in [0.1, 0.15) is 13.3 Å². The van der Waals surface area contributed by atoms with Crippen molar-refractivity contribution in [1.29, 1.82) is 0 Å². The van der Waals surface area contributed by atoms with Gasteiger partial charge in [0.1, 0.15) is 12.6 Å². The van der Waals surface area contributed by atoms with Gasteiger partial charge in [0.15, 0.2) is 0 Å². The SMILES string of the molecule is C[C@H]1O[C@@H](C[N+](C)(C)C)C[C@H]1O. The Kier molecular flexibility index (Phi) is 2.76. The molecule has 1 saturated heterocycles. The summed E-state index contributed by atoms with van der Waals surface area (Å²) in [5, 5.41) is 9.43. The van der Waals surface area contributed by atoms with Crippen LogP contribution in [0.5, 0.6) is 0 Å². The van der Waals surface area contributed by atoms with Gasteiger partial charge < -0.3 is 14.3 Å². The van der Waals surface area contributed by atoms with Crippen LogP contribution in [0.25, 0.3) is 0 Å². The Morgan fingerprint density at radius 3 is 2.33 bits per heavy atom. The smallest absolute Gasteiger partial charge is 0.109 e. The molecule has 3 atom stereocenters. The van der Waals surface area contributed by atoms with E-state index < -0.39 is 0 Å². The third-order valence-electron chi connectivity index (χ3n) is 2.20. The van der Waals surface area contributed by atoms with Crippen LogP contribution in [-0.4, -0.2) is 55.6 Å². The zero-order valence-electron chi connectivity index (χ0n) is 8.45. The Balaban J connectivity index is 2.38. The van der Waals surface area contributed by atoms with Gasteiger partial charge in [-0.15, -0.1) is 0 Å². The number of rotatable bonds is 2. The van der Waals surface area contributed by atoms with Crippen LogP contribution in [0.3, 0.4) is 0 Å². The predicted molar refractivity (Wildman–Crippen MR) is 47.9 cm³/mol. The number of likely N-dealkylation sites (N-methyl/N-ethyl adjacent to an activating group) is 1. The zero-order valence-corrected chi connectivity index (χ0v) is 8.45. The molecule has 0 bridgehead atoms. The molecule has 0 spiro atoms. The Labute approximate surface area is 74.5 Å². The van der Waals surface area contributed by atoms with E-state index in [2.05, 4.69) is 21.1 Å². The minimum Gasteiger partial charge on any atom is -0.390 e. The second-order valence-electron chi connectivity index (χ2n) is 4.74. The van der Waals surface area contributed by atoms with Crippen LogP contribution >= 0.6 is 0 Å². The lowest BCUT2D eigenvalue weighted by atomic mass is 10.1. The highest BCUT2D eigenvalue weighted by Crippen LogP contribution is 2.21. The fourth-order valence-corrected chi connectivity index (χ4v) is 1.64. The van der Waals surface area contributed by atoms with E-state index in [9.17, 15) is 5.11 Å². The first-order valence-corrected chi connectivity index (χ1v) is 4.52. The molecule has 12 heavy (non-hydrogen) atoms. The summed E-state index contributed by atoms with van der Waals surface area (Å²) < 4.78 is 6.48. The average molecular weight is 174 g/mol. The molecule has 0 aromatic heterocycles. The van der Waals surface area contributed by atoms with Crippen molar-refractivity contribution in [3.8, 4) is 0 Å². The summed E-state index contributed by atoms with van der Waals surface area (Å²) in [4.78, 5) is 0. The molecule has 0 unspecified atom stereocenters. The molecule has 3 heteroatoms. The third kappa shape index (κ3) is 2.73. The van der Waals surface area contributed by atoms with E-state index in [1.165, 1.54) is 0 Å². The van der Waals surface area contributed by atoms with Gasteiger partial charge >= 0.3 is 0 Å². The molecular formula is C9H20NO2+. The number of ether oxygens (including phenoxy) is 1. The monoisotopic (exact) mass is 174 g/mol. The van der Waals surface area contributed by atoms with Crippen molar-refractivity contribution in [2.45, 2.75) is 31.7 Å². The van der Waals surface area contributed by atoms with Gasteiger partial charge in [0, 0.05) is 6.42 Å². The fraction of sp³-hybridized carbons (Fsp3) is 1.00. The van der Waals surface area contributed by atoms with Crippen molar-refractivity contribution >= 4 is 0 Å². The van der Waals surface area contributed by atoms with Crippen molar-refractivity contribution in [1.82, 2.24) is 0 Å². The number of aliphatic hydroxyl groups excluding tert-OH is 1. The molecule has 1 aliphatic rings. The number of aliphatic hydroxyl groups is 1. The minimum absolute atomic E-state index is 0.0153. The van der Waals surface area contributed by atoms with Crippen LogP contribution in [0, 0.1) is 0 Å². The molecule has 3 nitrogen and oxygen atoms in total. The Morgan fingerprint density at radius 1 is 1.42 bits per heavy atom. The molecule has 1 heterocycles. The third-order valence-corrected chi connectivity index (χ3v) is 2.20. The molecule has 1 aliphatic heterocycles. The van der Waals surface area contributed by atoms with Crippen molar-refractivity contribution < 1.29 is 14.3 Å². The summed E-state index contributed by atoms with van der Waals surface area (Å²) in [5.74, 6) is 0. The van der Waals surface area contributed by atoms with E-state index in [4.69, 9.17) is 4.74 Å². The second-order valence-corrected chi connectivity index (χ2v) is 4.74. The van der Waals surface area contributed by atoms with E-state index in [1.807, 2.05) is 6.92 Å². The first kappa shape index (κ1) is 9.96. The summed E-state index contributed by atoms with van der Waals surface area (Å²) >= 11 is 0. The number of quaternary nitrogens is 1. The van der Waals surface area contributed by atoms with Gasteiger partial charge in [-0.3, -0.25) is 0 Å². The highest BCUT2D eigenvalue weighted by molar-refractivity contribution is 4.78. The topological polar surface area (TPSA) is 29.5 Å². The summed E-state index contributed by atoms with van der Waals surface area (Å²) in [6, 6.07) is 0. The average Bonchev–Trinajstić information content (AvgIpc) is 2.07. The van der Waals surface area contributed by atoms with Crippen molar-refractivity contribution in [2.24, 2.45) is 0 Å². The highest BCUT2D eigenvalue weighted by Gasteiger charge is 2.33. The Hall–Kier alpha value is -0.120. The molecule has 72 valence electrons. The Morgan fingerprint density at radius 2 is 2.00 bits per heavy atom. The predicted octanol–water partition coefficient (Wildman–Crippen LogP) is 0.231. The quantitative estimate of drug-likeness (QED) is 0.607. The molecule has 0 radical (unpaired) electrons.